The molecule has 2 aromatic carbocycles. The molecule has 0 N–H and O–H groups in total. The number of hydrogen-bond donors (Lipinski definition) is 0. The SMILES string of the molecule is Cc1c(C)c(C)c(C(Br)c2ccc(F)c(F)c2)c(C)c1C. The summed E-state index contributed by atoms with van der Waals surface area (Å²) in [5, 5.41) is 0. The van der Waals surface area contributed by atoms with Crippen LogP contribution in [0, 0.1) is 46.3 Å². The van der Waals surface area contributed by atoms with E-state index in [4.69, 9.17) is 0 Å². The van der Waals surface area contributed by atoms with Crippen LogP contribution in [0.4, 0.5) is 8.78 Å². The van der Waals surface area contributed by atoms with E-state index in [0.29, 0.717) is 0 Å². The number of alkyl halides is 1. The standard InChI is InChI=1S/C18H19BrF2/c1-9-10(2)12(4)17(13(5)11(9)3)18(19)14-6-7-15(20)16(21)8-14/h6-8,18H,1-5H3. The van der Waals surface area contributed by atoms with Gasteiger partial charge in [0.15, 0.2) is 11.6 Å². The van der Waals surface area contributed by atoms with Crippen LogP contribution in [0.15, 0.2) is 18.2 Å². The van der Waals surface area contributed by atoms with E-state index < -0.39 is 11.6 Å². The van der Waals surface area contributed by atoms with Crippen molar-refractivity contribution in [1.29, 1.82) is 0 Å². The average molecular weight is 353 g/mol. The molecule has 2 rings (SSSR count). The molecule has 0 saturated heterocycles. The van der Waals surface area contributed by atoms with Gasteiger partial charge in [0, 0.05) is 0 Å². The molecule has 0 aromatic heterocycles. The first-order valence-corrected chi connectivity index (χ1v) is 7.83. The van der Waals surface area contributed by atoms with Crippen LogP contribution in [0.25, 0.3) is 0 Å². The highest BCUT2D eigenvalue weighted by Crippen LogP contribution is 2.38. The van der Waals surface area contributed by atoms with Gasteiger partial charge in [0.2, 0.25) is 0 Å². The molecule has 1 unspecified atom stereocenters. The van der Waals surface area contributed by atoms with Crippen LogP contribution >= 0.6 is 15.9 Å². The fourth-order valence-corrected chi connectivity index (χ4v) is 3.72. The minimum atomic E-state index is -0.817. The maximum Gasteiger partial charge on any atom is 0.159 e. The van der Waals surface area contributed by atoms with Crippen LogP contribution in [0.2, 0.25) is 0 Å². The van der Waals surface area contributed by atoms with E-state index in [1.807, 2.05) is 0 Å². The fraction of sp³-hybridized carbons (Fsp3) is 0.333. The Labute approximate surface area is 133 Å². The highest BCUT2D eigenvalue weighted by Gasteiger charge is 2.20. The molecule has 1 atom stereocenters. The van der Waals surface area contributed by atoms with Gasteiger partial charge in [-0.2, -0.15) is 0 Å². The third-order valence-electron chi connectivity index (χ3n) is 4.55. The van der Waals surface area contributed by atoms with Gasteiger partial charge in [-0.3, -0.25) is 0 Å². The minimum absolute atomic E-state index is 0.148. The second kappa shape index (κ2) is 5.88. The van der Waals surface area contributed by atoms with Crippen LogP contribution in [0.1, 0.15) is 43.8 Å². The van der Waals surface area contributed by atoms with Crippen molar-refractivity contribution in [2.45, 2.75) is 39.4 Å². The summed E-state index contributed by atoms with van der Waals surface area (Å²) in [7, 11) is 0. The molecule has 2 aromatic rings. The molecule has 0 spiro atoms. The lowest BCUT2D eigenvalue weighted by Crippen LogP contribution is -2.06. The summed E-state index contributed by atoms with van der Waals surface area (Å²) in [6, 6.07) is 4.07. The Balaban J connectivity index is 2.63. The van der Waals surface area contributed by atoms with E-state index in [2.05, 4.69) is 50.5 Å². The van der Waals surface area contributed by atoms with Crippen LogP contribution in [0.5, 0.6) is 0 Å². The van der Waals surface area contributed by atoms with Crippen molar-refractivity contribution < 1.29 is 8.78 Å². The zero-order valence-corrected chi connectivity index (χ0v) is 14.5. The van der Waals surface area contributed by atoms with Crippen molar-refractivity contribution in [3.63, 3.8) is 0 Å². The Morgan fingerprint density at radius 1 is 0.762 bits per heavy atom. The minimum Gasteiger partial charge on any atom is -0.204 e. The quantitative estimate of drug-likeness (QED) is 0.582. The molecule has 0 aliphatic rings. The van der Waals surface area contributed by atoms with Crippen molar-refractivity contribution in [2.75, 3.05) is 0 Å². The highest BCUT2D eigenvalue weighted by atomic mass is 79.9. The molecule has 112 valence electrons. The Morgan fingerprint density at radius 2 is 1.24 bits per heavy atom. The number of benzene rings is 2. The maximum atomic E-state index is 13.5. The van der Waals surface area contributed by atoms with Crippen molar-refractivity contribution in [2.24, 2.45) is 0 Å². The first kappa shape index (κ1) is 16.2. The van der Waals surface area contributed by atoms with Gasteiger partial charge in [0.25, 0.3) is 0 Å². The van der Waals surface area contributed by atoms with Crippen LogP contribution < -0.4 is 0 Å². The molecule has 21 heavy (non-hydrogen) atoms. The molecule has 0 aliphatic carbocycles. The van der Waals surface area contributed by atoms with E-state index in [9.17, 15) is 8.78 Å². The first-order valence-electron chi connectivity index (χ1n) is 6.91. The fourth-order valence-electron chi connectivity index (χ4n) is 2.75. The number of hydrogen-bond acceptors (Lipinski definition) is 0. The van der Waals surface area contributed by atoms with Gasteiger partial charge in [-0.25, -0.2) is 8.78 Å². The predicted octanol–water partition coefficient (Wildman–Crippen LogP) is 5.99. The molecule has 0 heterocycles. The van der Waals surface area contributed by atoms with Crippen LogP contribution in [-0.4, -0.2) is 0 Å². The van der Waals surface area contributed by atoms with Crippen LogP contribution in [-0.2, 0) is 0 Å². The lowest BCUT2D eigenvalue weighted by Gasteiger charge is -2.22. The Morgan fingerprint density at radius 3 is 1.71 bits per heavy atom. The molecule has 0 radical (unpaired) electrons. The summed E-state index contributed by atoms with van der Waals surface area (Å²) < 4.78 is 26.6. The van der Waals surface area contributed by atoms with Crippen LogP contribution in [0.3, 0.4) is 0 Å². The average Bonchev–Trinajstić information content (AvgIpc) is 2.46. The lowest BCUT2D eigenvalue weighted by atomic mass is 9.86. The van der Waals surface area contributed by atoms with Gasteiger partial charge in [-0.1, -0.05) is 22.0 Å². The predicted molar refractivity (Wildman–Crippen MR) is 87.3 cm³/mol. The Bertz CT molecular complexity index is 676. The molecule has 0 amide bonds. The van der Waals surface area contributed by atoms with Crippen molar-refractivity contribution in [1.82, 2.24) is 0 Å². The monoisotopic (exact) mass is 352 g/mol. The summed E-state index contributed by atoms with van der Waals surface area (Å²) in [6.45, 7) is 10.5. The van der Waals surface area contributed by atoms with Crippen molar-refractivity contribution in [3.05, 3.63) is 68.8 Å². The molecule has 0 fully saturated rings. The van der Waals surface area contributed by atoms with E-state index >= 15 is 0 Å². The smallest absolute Gasteiger partial charge is 0.159 e. The van der Waals surface area contributed by atoms with Crippen molar-refractivity contribution >= 4 is 15.9 Å². The normalized spacial score (nSPS) is 12.6. The third kappa shape index (κ3) is 2.76. The second-order valence-electron chi connectivity index (χ2n) is 5.57. The summed E-state index contributed by atoms with van der Waals surface area (Å²) in [4.78, 5) is -0.148. The lowest BCUT2D eigenvalue weighted by molar-refractivity contribution is 0.507. The highest BCUT2D eigenvalue weighted by molar-refractivity contribution is 9.09. The molecule has 0 nitrogen and oxygen atoms in total. The molecule has 3 heteroatoms. The number of halogens is 3. The van der Waals surface area contributed by atoms with Gasteiger partial charge in [-0.05, 0) is 85.7 Å². The second-order valence-corrected chi connectivity index (χ2v) is 6.49. The first-order chi connectivity index (χ1) is 9.75. The molecular weight excluding hydrogens is 334 g/mol. The zero-order valence-electron chi connectivity index (χ0n) is 12.9. The largest absolute Gasteiger partial charge is 0.204 e. The summed E-state index contributed by atoms with van der Waals surface area (Å²) >= 11 is 3.66. The maximum absolute atomic E-state index is 13.5. The van der Waals surface area contributed by atoms with Gasteiger partial charge in [0.1, 0.15) is 0 Å². The van der Waals surface area contributed by atoms with Gasteiger partial charge < -0.3 is 0 Å². The van der Waals surface area contributed by atoms with E-state index in [-0.39, 0.29) is 4.83 Å². The molecular formula is C18H19BrF2. The van der Waals surface area contributed by atoms with E-state index in [1.165, 1.54) is 39.9 Å². The van der Waals surface area contributed by atoms with Crippen molar-refractivity contribution in [3.8, 4) is 0 Å². The summed E-state index contributed by atoms with van der Waals surface area (Å²) in [6.07, 6.45) is 0. The van der Waals surface area contributed by atoms with Gasteiger partial charge in [-0.15, -0.1) is 0 Å². The summed E-state index contributed by atoms with van der Waals surface area (Å²) in [5.74, 6) is -1.63. The Kier molecular flexibility index (Phi) is 4.52. The van der Waals surface area contributed by atoms with Gasteiger partial charge in [0.05, 0.1) is 4.83 Å². The van der Waals surface area contributed by atoms with E-state index in [0.717, 1.165) is 11.1 Å². The van der Waals surface area contributed by atoms with E-state index in [1.54, 1.807) is 6.07 Å². The van der Waals surface area contributed by atoms with Gasteiger partial charge >= 0.3 is 0 Å². The third-order valence-corrected chi connectivity index (χ3v) is 5.53. The molecule has 0 saturated carbocycles. The molecule has 0 aliphatic heterocycles. The summed E-state index contributed by atoms with van der Waals surface area (Å²) in [5.41, 5.74) is 8.05. The zero-order chi connectivity index (χ0) is 15.9. The molecule has 0 bridgehead atoms. The topological polar surface area (TPSA) is 0 Å². The Hall–Kier alpha value is -1.22. The number of rotatable bonds is 2.